The quantitative estimate of drug-likeness (QED) is 0.228. The lowest BCUT2D eigenvalue weighted by atomic mass is 10.3. The second-order valence-corrected chi connectivity index (χ2v) is 2.33. The minimum absolute atomic E-state index is 0.00231. The van der Waals surface area contributed by atoms with E-state index in [1.165, 1.54) is 0 Å². The molecule has 0 aromatic carbocycles. The Kier molecular flexibility index (Phi) is 3.16. The summed E-state index contributed by atoms with van der Waals surface area (Å²) in [7, 11) is 0. The molecule has 5 heteroatoms. The summed E-state index contributed by atoms with van der Waals surface area (Å²) in [4.78, 5) is 10.2. The van der Waals surface area contributed by atoms with Gasteiger partial charge in [0, 0.05) is 0 Å². The molecule has 0 bridgehead atoms. The highest BCUT2D eigenvalue weighted by Gasteiger charge is 2.05. The zero-order valence-corrected chi connectivity index (χ0v) is 6.05. The maximum absolute atomic E-state index is 10.2. The average Bonchev–Trinajstić information content (AvgIpc) is 1.64. The van der Waals surface area contributed by atoms with Gasteiger partial charge in [0.1, 0.15) is 5.57 Å². The molecule has 0 aromatic rings. The molecule has 0 spiro atoms. The predicted molar refractivity (Wildman–Crippen MR) is 42.0 cm³/mol. The van der Waals surface area contributed by atoms with Gasteiger partial charge in [-0.1, -0.05) is 12.2 Å². The molecular weight excluding hydrogens is 156 g/mol. The van der Waals surface area contributed by atoms with Crippen molar-refractivity contribution in [3.8, 4) is 0 Å². The second kappa shape index (κ2) is 3.40. The van der Waals surface area contributed by atoms with Crippen molar-refractivity contribution in [2.45, 2.75) is 0 Å². The number of hydrogen-bond acceptors (Lipinski definition) is 3. The Morgan fingerprint density at radius 3 is 2.22 bits per heavy atom. The van der Waals surface area contributed by atoms with Crippen molar-refractivity contribution in [3.05, 3.63) is 5.57 Å². The maximum Gasteiger partial charge on any atom is 0.260 e. The van der Waals surface area contributed by atoms with Crippen LogP contribution in [-0.2, 0) is 4.79 Å². The van der Waals surface area contributed by atoms with E-state index in [0.29, 0.717) is 0 Å². The van der Waals surface area contributed by atoms with Crippen LogP contribution in [0.2, 0.25) is 0 Å². The largest absolute Gasteiger partial charge is 0.365 e. The molecule has 0 rings (SSSR count). The summed E-state index contributed by atoms with van der Waals surface area (Å²) in [5.41, 5.74) is 4.59. The van der Waals surface area contributed by atoms with Crippen molar-refractivity contribution < 1.29 is 4.79 Å². The van der Waals surface area contributed by atoms with E-state index in [0.717, 1.165) is 0 Å². The van der Waals surface area contributed by atoms with Gasteiger partial charge in [0.05, 0.1) is 4.20 Å². The number of nitrogens with two attached hydrogens (primary N) is 1. The highest BCUT2D eigenvalue weighted by molar-refractivity contribution is 8.12. The van der Waals surface area contributed by atoms with Gasteiger partial charge in [-0.2, -0.15) is 0 Å². The number of thiol groups is 1. The number of carbonyl (C=O) groups excluding carboxylic acids is 1. The normalized spacial score (nSPS) is 7.67. The van der Waals surface area contributed by atoms with Gasteiger partial charge in [0.15, 0.2) is 0 Å². The first kappa shape index (κ1) is 8.36. The average molecular weight is 160 g/mol. The third kappa shape index (κ3) is 2.41. The molecule has 0 saturated heterocycles. The van der Waals surface area contributed by atoms with E-state index in [-0.39, 0.29) is 9.77 Å². The maximum atomic E-state index is 10.2. The molecule has 0 aliphatic carbocycles. The number of carbonyl (C=O) groups is 1. The van der Waals surface area contributed by atoms with Gasteiger partial charge in [-0.25, -0.2) is 0 Å². The zero-order valence-electron chi connectivity index (χ0n) is 4.34. The monoisotopic (exact) mass is 160 g/mol. The lowest BCUT2D eigenvalue weighted by Gasteiger charge is -1.90. The lowest BCUT2D eigenvalue weighted by Crippen LogP contribution is -2.17. The molecule has 1 amide bonds. The van der Waals surface area contributed by atoms with Gasteiger partial charge < -0.3 is 5.73 Å². The molecule has 0 atom stereocenters. The molecule has 0 radical (unpaired) electrons. The van der Waals surface area contributed by atoms with Crippen LogP contribution in [-0.4, -0.2) is 16.0 Å². The molecular formula is C4H4N2OS2. The van der Waals surface area contributed by atoms with Gasteiger partial charge in [-0.05, 0) is 5.87 Å². The molecule has 0 aliphatic rings. The van der Waals surface area contributed by atoms with Crippen LogP contribution in [0.5, 0.6) is 0 Å². The van der Waals surface area contributed by atoms with Gasteiger partial charge in [-0.3, -0.25) is 10.2 Å². The van der Waals surface area contributed by atoms with Crippen molar-refractivity contribution in [2.24, 2.45) is 5.73 Å². The van der Waals surface area contributed by atoms with Crippen LogP contribution >= 0.6 is 24.8 Å². The molecule has 0 fully saturated rings. The molecule has 0 aliphatic heterocycles. The Balaban J connectivity index is 4.59. The summed E-state index contributed by atoms with van der Waals surface area (Å²) >= 11 is 8.06. The SMILES string of the molecule is N=C=C(C(N)=O)C(=S)S. The Morgan fingerprint density at radius 1 is 1.78 bits per heavy atom. The predicted octanol–water partition coefficient (Wildman–Crippen LogP) is -0.0962. The van der Waals surface area contributed by atoms with Crippen LogP contribution in [0.3, 0.4) is 0 Å². The van der Waals surface area contributed by atoms with Crippen LogP contribution in [0, 0.1) is 5.41 Å². The van der Waals surface area contributed by atoms with Crippen molar-refractivity contribution in [1.82, 2.24) is 0 Å². The van der Waals surface area contributed by atoms with Crippen molar-refractivity contribution in [3.63, 3.8) is 0 Å². The van der Waals surface area contributed by atoms with Crippen LogP contribution < -0.4 is 5.73 Å². The first-order chi connectivity index (χ1) is 4.09. The first-order valence-electron chi connectivity index (χ1n) is 1.92. The molecule has 3 N–H and O–H groups in total. The number of primary amides is 1. The van der Waals surface area contributed by atoms with Crippen LogP contribution in [0.1, 0.15) is 0 Å². The summed E-state index contributed by atoms with van der Waals surface area (Å²) in [6, 6.07) is 0. The third-order valence-corrected chi connectivity index (χ3v) is 1.01. The van der Waals surface area contributed by atoms with Gasteiger partial charge in [0.2, 0.25) is 0 Å². The van der Waals surface area contributed by atoms with E-state index >= 15 is 0 Å². The van der Waals surface area contributed by atoms with E-state index in [2.05, 4.69) is 24.8 Å². The fourth-order valence-electron chi connectivity index (χ4n) is 0.220. The number of rotatable bonds is 2. The first-order valence-corrected chi connectivity index (χ1v) is 2.78. The molecule has 3 nitrogen and oxygen atoms in total. The zero-order chi connectivity index (χ0) is 7.44. The highest BCUT2D eigenvalue weighted by atomic mass is 32.1. The standard InChI is InChI=1S/C4H4N2OS2/c5-1-2(3(6)7)4(8)9/h5H,(H2,6,7)(H,8,9). The Bertz CT molecular complexity index is 189. The second-order valence-electron chi connectivity index (χ2n) is 1.17. The number of nitrogens with one attached hydrogen (secondary N) is 1. The minimum atomic E-state index is -0.773. The van der Waals surface area contributed by atoms with Crippen LogP contribution in [0.15, 0.2) is 5.57 Å². The number of thiocarbonyl (C=S) groups is 1. The van der Waals surface area contributed by atoms with Crippen molar-refractivity contribution >= 4 is 40.8 Å². The van der Waals surface area contributed by atoms with Gasteiger partial charge in [-0.15, -0.1) is 12.6 Å². The Morgan fingerprint density at radius 2 is 2.22 bits per heavy atom. The summed E-state index contributed by atoms with van der Waals surface area (Å²) in [6.07, 6.45) is 0. The molecule has 0 heterocycles. The lowest BCUT2D eigenvalue weighted by molar-refractivity contribution is -0.113. The Hall–Kier alpha value is -0.640. The number of amides is 1. The van der Waals surface area contributed by atoms with Gasteiger partial charge in [0.25, 0.3) is 5.91 Å². The Labute approximate surface area is 62.8 Å². The summed E-state index contributed by atoms with van der Waals surface area (Å²) in [5.74, 6) is 1.00. The fraction of sp³-hybridized carbons (Fsp3) is 0. The van der Waals surface area contributed by atoms with E-state index < -0.39 is 5.91 Å². The van der Waals surface area contributed by atoms with Crippen molar-refractivity contribution in [2.75, 3.05) is 0 Å². The molecule has 0 saturated carbocycles. The van der Waals surface area contributed by atoms with Crippen LogP contribution in [0.4, 0.5) is 0 Å². The fourth-order valence-corrected chi connectivity index (χ4v) is 0.538. The van der Waals surface area contributed by atoms with Gasteiger partial charge >= 0.3 is 0 Å². The van der Waals surface area contributed by atoms with E-state index in [1.54, 1.807) is 5.87 Å². The number of hydrogen-bond donors (Lipinski definition) is 3. The topological polar surface area (TPSA) is 66.9 Å². The summed E-state index contributed by atoms with van der Waals surface area (Å²) in [6.45, 7) is 0. The molecule has 48 valence electrons. The van der Waals surface area contributed by atoms with Crippen LogP contribution in [0.25, 0.3) is 0 Å². The van der Waals surface area contributed by atoms with E-state index in [1.807, 2.05) is 0 Å². The molecule has 0 unspecified atom stereocenters. The van der Waals surface area contributed by atoms with Crippen molar-refractivity contribution in [1.29, 1.82) is 5.41 Å². The minimum Gasteiger partial charge on any atom is -0.365 e. The highest BCUT2D eigenvalue weighted by Crippen LogP contribution is 1.95. The molecule has 9 heavy (non-hydrogen) atoms. The summed E-state index contributed by atoms with van der Waals surface area (Å²) < 4.78 is -0.00231. The van der Waals surface area contributed by atoms with E-state index in [4.69, 9.17) is 11.1 Å². The third-order valence-electron chi connectivity index (χ3n) is 0.585. The van der Waals surface area contributed by atoms with E-state index in [9.17, 15) is 4.79 Å². The summed E-state index contributed by atoms with van der Waals surface area (Å²) in [5, 5.41) is 6.50. The molecule has 0 aromatic heterocycles. The smallest absolute Gasteiger partial charge is 0.260 e.